The topological polar surface area (TPSA) is 61.8 Å². The quantitative estimate of drug-likeness (QED) is 0.380. The number of hydrogen-bond donors (Lipinski definition) is 1. The van der Waals surface area contributed by atoms with Crippen molar-refractivity contribution in [3.63, 3.8) is 0 Å². The maximum atomic E-state index is 12.1. The van der Waals surface area contributed by atoms with Gasteiger partial charge in [0, 0.05) is 0 Å². The molecule has 0 aromatic heterocycles. The van der Waals surface area contributed by atoms with Crippen LogP contribution in [0.4, 0.5) is 0 Å². The van der Waals surface area contributed by atoms with Crippen LogP contribution in [-0.2, 0) is 0 Å². The van der Waals surface area contributed by atoms with Crippen molar-refractivity contribution in [3.8, 4) is 45.6 Å². The van der Waals surface area contributed by atoms with Gasteiger partial charge in [0.1, 0.15) is 28.7 Å². The van der Waals surface area contributed by atoms with Gasteiger partial charge in [-0.15, -0.1) is 5.75 Å². The molecule has 0 bridgehead atoms. The molecule has 0 atom stereocenters. The van der Waals surface area contributed by atoms with Crippen LogP contribution in [0.1, 0.15) is 44.5 Å². The van der Waals surface area contributed by atoms with E-state index in [2.05, 4.69) is 24.3 Å². The summed E-state index contributed by atoms with van der Waals surface area (Å²) in [6, 6.07) is 15.8. The first-order chi connectivity index (χ1) is 16.9. The van der Waals surface area contributed by atoms with Gasteiger partial charge in [-0.2, -0.15) is 0 Å². The first-order valence-corrected chi connectivity index (χ1v) is 12.1. The molecular formula is C32H33NaO4. The Morgan fingerprint density at radius 3 is 1.11 bits per heavy atom. The zero-order valence-electron chi connectivity index (χ0n) is 23.3. The van der Waals surface area contributed by atoms with Gasteiger partial charge in [-0.3, -0.25) is 0 Å². The third-order valence-corrected chi connectivity index (χ3v) is 6.59. The minimum Gasteiger partial charge on any atom is -0.872 e. The van der Waals surface area contributed by atoms with Gasteiger partial charge in [-0.25, -0.2) is 0 Å². The zero-order valence-corrected chi connectivity index (χ0v) is 25.3. The van der Waals surface area contributed by atoms with Crippen LogP contribution >= 0.6 is 0 Å². The molecule has 0 heterocycles. The second-order valence-corrected chi connectivity index (χ2v) is 9.87. The van der Waals surface area contributed by atoms with Gasteiger partial charge in [0.2, 0.25) is 0 Å². The molecule has 0 aliphatic heterocycles. The van der Waals surface area contributed by atoms with E-state index in [1.165, 1.54) is 0 Å². The van der Waals surface area contributed by atoms with Gasteiger partial charge in [0.15, 0.2) is 0 Å². The van der Waals surface area contributed by atoms with Gasteiger partial charge in [-0.05, 0) is 148 Å². The average molecular weight is 505 g/mol. The molecule has 186 valence electrons. The summed E-state index contributed by atoms with van der Waals surface area (Å²) in [7, 11) is 0. The molecule has 0 aliphatic carbocycles. The van der Waals surface area contributed by atoms with E-state index in [1.54, 1.807) is 12.1 Å². The van der Waals surface area contributed by atoms with Crippen LogP contribution in [-0.4, -0.2) is 5.11 Å². The largest absolute Gasteiger partial charge is 1.00 e. The van der Waals surface area contributed by atoms with Gasteiger partial charge in [0.25, 0.3) is 0 Å². The van der Waals surface area contributed by atoms with Gasteiger partial charge in [0.05, 0.1) is 0 Å². The Morgan fingerprint density at radius 1 is 0.486 bits per heavy atom. The molecule has 0 saturated heterocycles. The van der Waals surface area contributed by atoms with Crippen LogP contribution in [0.2, 0.25) is 0 Å². The van der Waals surface area contributed by atoms with Crippen molar-refractivity contribution in [1.82, 2.24) is 0 Å². The van der Waals surface area contributed by atoms with Gasteiger partial charge < -0.3 is 19.7 Å². The Morgan fingerprint density at radius 2 is 0.784 bits per heavy atom. The molecule has 0 amide bonds. The fourth-order valence-electron chi connectivity index (χ4n) is 4.74. The molecule has 0 unspecified atom stereocenters. The SMILES string of the molecule is Cc1cc(Oc2c(C)cc(-c3cc(C)c(Oc4cc(C)c(O)c(C)c4)c(C)c3)cc2C)cc(C)c1[O-].[Na+]. The predicted molar refractivity (Wildman–Crippen MR) is 144 cm³/mol. The van der Waals surface area contributed by atoms with Crippen LogP contribution < -0.4 is 44.1 Å². The first-order valence-electron chi connectivity index (χ1n) is 12.1. The van der Waals surface area contributed by atoms with Crippen LogP contribution in [0.5, 0.6) is 34.5 Å². The van der Waals surface area contributed by atoms with Gasteiger partial charge >= 0.3 is 29.6 Å². The first kappa shape index (κ1) is 28.6. The second kappa shape index (κ2) is 11.2. The van der Waals surface area contributed by atoms with E-state index < -0.39 is 0 Å². The minimum atomic E-state index is 0. The standard InChI is InChI=1S/C32H34O4.Na/c1-17-13-27(14-18(2)29(17)33)35-31-21(5)9-25(10-22(31)6)26-11-23(7)32(24(8)12-26)36-28-15-19(3)30(34)20(4)16-28;/h9-16,33-34H,1-8H3;/q;+1/p-1. The molecule has 4 nitrogen and oxygen atoms in total. The van der Waals surface area contributed by atoms with E-state index in [4.69, 9.17) is 9.47 Å². The monoisotopic (exact) mass is 504 g/mol. The average Bonchev–Trinajstić information content (AvgIpc) is 2.80. The Balaban J connectivity index is 0.00000380. The molecule has 4 aromatic rings. The molecular weight excluding hydrogens is 471 g/mol. The summed E-state index contributed by atoms with van der Waals surface area (Å²) >= 11 is 0. The number of ether oxygens (including phenoxy) is 2. The summed E-state index contributed by atoms with van der Waals surface area (Å²) < 4.78 is 12.5. The van der Waals surface area contributed by atoms with E-state index in [1.807, 2.05) is 67.5 Å². The molecule has 0 aliphatic rings. The van der Waals surface area contributed by atoms with E-state index in [0.717, 1.165) is 56.0 Å². The number of benzene rings is 4. The fourth-order valence-corrected chi connectivity index (χ4v) is 4.74. The van der Waals surface area contributed by atoms with Crippen LogP contribution in [0.25, 0.3) is 11.1 Å². The zero-order chi connectivity index (χ0) is 26.3. The van der Waals surface area contributed by atoms with Crippen LogP contribution in [0.15, 0.2) is 48.5 Å². The maximum Gasteiger partial charge on any atom is 1.00 e. The van der Waals surface area contributed by atoms with Crippen molar-refractivity contribution in [2.45, 2.75) is 55.4 Å². The summed E-state index contributed by atoms with van der Waals surface area (Å²) in [5.74, 6) is 3.38. The molecule has 4 aromatic carbocycles. The number of phenolic OH excluding ortho intramolecular Hbond substituents is 1. The number of hydrogen-bond acceptors (Lipinski definition) is 4. The van der Waals surface area contributed by atoms with Crippen molar-refractivity contribution in [2.75, 3.05) is 0 Å². The number of aromatic hydroxyl groups is 1. The smallest absolute Gasteiger partial charge is 0.872 e. The van der Waals surface area contributed by atoms with Crippen molar-refractivity contribution < 1.29 is 49.2 Å². The van der Waals surface area contributed by atoms with Crippen molar-refractivity contribution in [2.24, 2.45) is 0 Å². The summed E-state index contributed by atoms with van der Waals surface area (Å²) in [6.45, 7) is 15.6. The van der Waals surface area contributed by atoms with Gasteiger partial charge in [-0.1, -0.05) is 11.1 Å². The summed E-state index contributed by atoms with van der Waals surface area (Å²) in [5, 5.41) is 22.1. The summed E-state index contributed by atoms with van der Waals surface area (Å²) in [4.78, 5) is 0. The number of rotatable bonds is 5. The van der Waals surface area contributed by atoms with Crippen LogP contribution in [0, 0.1) is 55.4 Å². The van der Waals surface area contributed by atoms with Crippen molar-refractivity contribution >= 4 is 0 Å². The third kappa shape index (κ3) is 5.98. The van der Waals surface area contributed by atoms with Crippen molar-refractivity contribution in [3.05, 3.63) is 93.0 Å². The van der Waals surface area contributed by atoms with E-state index in [9.17, 15) is 10.2 Å². The third-order valence-electron chi connectivity index (χ3n) is 6.59. The molecule has 1 N–H and O–H groups in total. The van der Waals surface area contributed by atoms with E-state index in [-0.39, 0.29) is 35.3 Å². The second-order valence-electron chi connectivity index (χ2n) is 9.87. The van der Waals surface area contributed by atoms with E-state index >= 15 is 0 Å². The Hall–Kier alpha value is -2.92. The van der Waals surface area contributed by atoms with Crippen molar-refractivity contribution in [1.29, 1.82) is 0 Å². The Labute approximate surface area is 242 Å². The van der Waals surface area contributed by atoms with E-state index in [0.29, 0.717) is 28.4 Å². The predicted octanol–water partition coefficient (Wildman–Crippen LogP) is 5.19. The minimum absolute atomic E-state index is 0. The number of phenols is 1. The molecule has 37 heavy (non-hydrogen) atoms. The molecule has 0 saturated carbocycles. The molecule has 4 rings (SSSR count). The fraction of sp³-hybridized carbons (Fsp3) is 0.250. The molecule has 5 heteroatoms. The number of aryl methyl sites for hydroxylation is 8. The summed E-state index contributed by atoms with van der Waals surface area (Å²) in [6.07, 6.45) is 0. The molecule has 0 spiro atoms. The normalized spacial score (nSPS) is 10.7. The molecule has 0 radical (unpaired) electrons. The summed E-state index contributed by atoms with van der Waals surface area (Å²) in [5.41, 5.74) is 9.28. The maximum absolute atomic E-state index is 12.1. The Bertz CT molecular complexity index is 1280. The van der Waals surface area contributed by atoms with Crippen LogP contribution in [0.3, 0.4) is 0 Å². The molecule has 0 fully saturated rings. The Kier molecular flexibility index (Phi) is 8.69.